The number of rotatable bonds is 7. The fourth-order valence-corrected chi connectivity index (χ4v) is 3.45. The largest absolute Gasteiger partial charge is 0.494 e. The van der Waals surface area contributed by atoms with E-state index in [2.05, 4.69) is 10.0 Å². The Morgan fingerprint density at radius 3 is 2.52 bits per heavy atom. The molecule has 118 valence electrons. The molecule has 1 fully saturated rings. The fourth-order valence-electron chi connectivity index (χ4n) is 2.33. The third kappa shape index (κ3) is 4.98. The van der Waals surface area contributed by atoms with E-state index in [-0.39, 0.29) is 0 Å². The Hall–Kier alpha value is -1.11. The lowest BCUT2D eigenvalue weighted by atomic mass is 9.99. The van der Waals surface area contributed by atoms with E-state index in [0.29, 0.717) is 29.7 Å². The third-order valence-electron chi connectivity index (χ3n) is 3.63. The Balaban J connectivity index is 1.91. The Labute approximate surface area is 127 Å². The minimum Gasteiger partial charge on any atom is -0.494 e. The number of piperidine rings is 1. The summed E-state index contributed by atoms with van der Waals surface area (Å²) in [6.07, 6.45) is 2.97. The Bertz CT molecular complexity index is 522. The first-order chi connectivity index (χ1) is 10.1. The number of sulfonamides is 1. The number of ether oxygens (including phenoxy) is 1. The standard InChI is InChI=1S/C15H24N2O3S/c1-2-11-20-14-3-5-15(6-4-14)21(18,19)17-12-13-7-9-16-10-8-13/h3-6,13,16-17H,2,7-12H2,1H3. The summed E-state index contributed by atoms with van der Waals surface area (Å²) in [5.41, 5.74) is 0. The maximum atomic E-state index is 12.2. The second-order valence-corrected chi connectivity index (χ2v) is 7.13. The average molecular weight is 312 g/mol. The smallest absolute Gasteiger partial charge is 0.240 e. The van der Waals surface area contributed by atoms with Gasteiger partial charge in [0.05, 0.1) is 11.5 Å². The van der Waals surface area contributed by atoms with Crippen LogP contribution in [0.3, 0.4) is 0 Å². The monoisotopic (exact) mass is 312 g/mol. The fraction of sp³-hybridized carbons (Fsp3) is 0.600. The molecule has 0 atom stereocenters. The Morgan fingerprint density at radius 2 is 1.90 bits per heavy atom. The lowest BCUT2D eigenvalue weighted by Gasteiger charge is -2.22. The van der Waals surface area contributed by atoms with E-state index in [0.717, 1.165) is 32.4 Å². The van der Waals surface area contributed by atoms with Crippen LogP contribution in [0.1, 0.15) is 26.2 Å². The molecule has 1 heterocycles. The number of hydrogen-bond acceptors (Lipinski definition) is 4. The van der Waals surface area contributed by atoms with Crippen LogP contribution in [0.15, 0.2) is 29.2 Å². The highest BCUT2D eigenvalue weighted by Crippen LogP contribution is 2.17. The summed E-state index contributed by atoms with van der Waals surface area (Å²) < 4.78 is 32.6. The van der Waals surface area contributed by atoms with Crippen LogP contribution in [-0.2, 0) is 10.0 Å². The molecule has 1 aromatic rings. The van der Waals surface area contributed by atoms with Crippen LogP contribution in [0.5, 0.6) is 5.75 Å². The zero-order valence-electron chi connectivity index (χ0n) is 12.5. The summed E-state index contributed by atoms with van der Waals surface area (Å²) in [7, 11) is -3.42. The highest BCUT2D eigenvalue weighted by molar-refractivity contribution is 7.89. The number of nitrogens with one attached hydrogen (secondary N) is 2. The predicted molar refractivity (Wildman–Crippen MR) is 83.0 cm³/mol. The van der Waals surface area contributed by atoms with Gasteiger partial charge in [-0.2, -0.15) is 0 Å². The molecule has 2 rings (SSSR count). The first-order valence-electron chi connectivity index (χ1n) is 7.55. The lowest BCUT2D eigenvalue weighted by molar-refractivity contribution is 0.317. The molecule has 1 saturated heterocycles. The molecule has 0 aliphatic carbocycles. The molecule has 21 heavy (non-hydrogen) atoms. The van der Waals surface area contributed by atoms with Crippen LogP contribution in [-0.4, -0.2) is 34.7 Å². The summed E-state index contributed by atoms with van der Waals surface area (Å²) in [5.74, 6) is 1.13. The summed E-state index contributed by atoms with van der Waals surface area (Å²) in [6, 6.07) is 6.59. The zero-order valence-corrected chi connectivity index (χ0v) is 13.3. The van der Waals surface area contributed by atoms with Crippen molar-refractivity contribution in [3.63, 3.8) is 0 Å². The van der Waals surface area contributed by atoms with E-state index in [1.165, 1.54) is 0 Å². The van der Waals surface area contributed by atoms with Gasteiger partial charge in [0.2, 0.25) is 10.0 Å². The van der Waals surface area contributed by atoms with Gasteiger partial charge in [-0.1, -0.05) is 6.92 Å². The summed E-state index contributed by atoms with van der Waals surface area (Å²) in [6.45, 7) is 5.12. The number of benzene rings is 1. The molecule has 0 saturated carbocycles. The predicted octanol–water partition coefficient (Wildman–Crippen LogP) is 1.75. The molecule has 0 amide bonds. The first-order valence-corrected chi connectivity index (χ1v) is 9.03. The van der Waals surface area contributed by atoms with Crippen LogP contribution in [0.2, 0.25) is 0 Å². The van der Waals surface area contributed by atoms with E-state index in [1.807, 2.05) is 6.92 Å². The molecule has 0 bridgehead atoms. The summed E-state index contributed by atoms with van der Waals surface area (Å²) >= 11 is 0. The molecule has 1 aromatic carbocycles. The first kappa shape index (κ1) is 16.3. The van der Waals surface area contributed by atoms with E-state index in [9.17, 15) is 8.42 Å². The van der Waals surface area contributed by atoms with Crippen molar-refractivity contribution < 1.29 is 13.2 Å². The quantitative estimate of drug-likeness (QED) is 0.805. The van der Waals surface area contributed by atoms with Crippen LogP contribution < -0.4 is 14.8 Å². The average Bonchev–Trinajstić information content (AvgIpc) is 2.52. The summed E-state index contributed by atoms with van der Waals surface area (Å²) in [5, 5.41) is 3.28. The van der Waals surface area contributed by atoms with E-state index < -0.39 is 10.0 Å². The van der Waals surface area contributed by atoms with Gasteiger partial charge in [0.15, 0.2) is 0 Å². The van der Waals surface area contributed by atoms with Crippen molar-refractivity contribution in [3.8, 4) is 5.75 Å². The van der Waals surface area contributed by atoms with Crippen molar-refractivity contribution in [3.05, 3.63) is 24.3 Å². The summed E-state index contributed by atoms with van der Waals surface area (Å²) in [4.78, 5) is 0.292. The van der Waals surface area contributed by atoms with Crippen LogP contribution >= 0.6 is 0 Å². The topological polar surface area (TPSA) is 67.4 Å². The van der Waals surface area contributed by atoms with Gasteiger partial charge < -0.3 is 10.1 Å². The minimum absolute atomic E-state index is 0.292. The van der Waals surface area contributed by atoms with Crippen molar-refractivity contribution in [1.29, 1.82) is 0 Å². The second kappa shape index (κ2) is 7.77. The maximum Gasteiger partial charge on any atom is 0.240 e. The molecule has 2 N–H and O–H groups in total. The van der Waals surface area contributed by atoms with Crippen LogP contribution in [0, 0.1) is 5.92 Å². The van der Waals surface area contributed by atoms with Gasteiger partial charge >= 0.3 is 0 Å². The lowest BCUT2D eigenvalue weighted by Crippen LogP contribution is -2.35. The van der Waals surface area contributed by atoms with Gasteiger partial charge in [0.1, 0.15) is 5.75 Å². The number of hydrogen-bond donors (Lipinski definition) is 2. The van der Waals surface area contributed by atoms with Crippen LogP contribution in [0.25, 0.3) is 0 Å². The van der Waals surface area contributed by atoms with Gasteiger partial charge in [-0.25, -0.2) is 13.1 Å². The Kier molecular flexibility index (Phi) is 6.02. The van der Waals surface area contributed by atoms with Crippen molar-refractivity contribution in [2.75, 3.05) is 26.2 Å². The molecule has 5 nitrogen and oxygen atoms in total. The maximum absolute atomic E-state index is 12.2. The third-order valence-corrected chi connectivity index (χ3v) is 5.07. The molecule has 0 unspecified atom stereocenters. The van der Waals surface area contributed by atoms with Gasteiger partial charge in [0, 0.05) is 6.54 Å². The molecule has 0 spiro atoms. The second-order valence-electron chi connectivity index (χ2n) is 5.37. The molecule has 0 aromatic heterocycles. The van der Waals surface area contributed by atoms with Gasteiger partial charge in [-0.15, -0.1) is 0 Å². The highest BCUT2D eigenvalue weighted by atomic mass is 32.2. The SMILES string of the molecule is CCCOc1ccc(S(=O)(=O)NCC2CCNCC2)cc1. The van der Waals surface area contributed by atoms with Crippen molar-refractivity contribution in [2.24, 2.45) is 5.92 Å². The molecule has 0 radical (unpaired) electrons. The van der Waals surface area contributed by atoms with Crippen molar-refractivity contribution in [1.82, 2.24) is 10.0 Å². The Morgan fingerprint density at radius 1 is 1.24 bits per heavy atom. The van der Waals surface area contributed by atoms with Gasteiger partial charge in [0.25, 0.3) is 0 Å². The van der Waals surface area contributed by atoms with E-state index in [4.69, 9.17) is 4.74 Å². The molecular weight excluding hydrogens is 288 g/mol. The van der Waals surface area contributed by atoms with Crippen molar-refractivity contribution in [2.45, 2.75) is 31.1 Å². The van der Waals surface area contributed by atoms with E-state index in [1.54, 1.807) is 24.3 Å². The van der Waals surface area contributed by atoms with Crippen LogP contribution in [0.4, 0.5) is 0 Å². The molecule has 1 aliphatic heterocycles. The molecule has 1 aliphatic rings. The minimum atomic E-state index is -3.42. The van der Waals surface area contributed by atoms with Gasteiger partial charge in [-0.3, -0.25) is 0 Å². The highest BCUT2D eigenvalue weighted by Gasteiger charge is 2.18. The zero-order chi connectivity index (χ0) is 15.1. The van der Waals surface area contributed by atoms with Crippen molar-refractivity contribution >= 4 is 10.0 Å². The normalized spacial score (nSPS) is 16.8. The molecule has 6 heteroatoms. The van der Waals surface area contributed by atoms with E-state index >= 15 is 0 Å². The van der Waals surface area contributed by atoms with Gasteiger partial charge in [-0.05, 0) is 62.5 Å². The molecular formula is C15H24N2O3S.